The Balaban J connectivity index is 1.93. The second-order valence-electron chi connectivity index (χ2n) is 7.25. The lowest BCUT2D eigenvalue weighted by atomic mass is 9.99. The summed E-state index contributed by atoms with van der Waals surface area (Å²) in [7, 11) is 0. The maximum Gasteiger partial charge on any atom is 0.300 e. The molecular weight excluding hydrogens is 450 g/mol. The van der Waals surface area contributed by atoms with E-state index in [4.69, 9.17) is 16.3 Å². The van der Waals surface area contributed by atoms with Gasteiger partial charge in [-0.15, -0.1) is 11.3 Å². The molecule has 0 spiro atoms. The molecule has 0 bridgehead atoms. The van der Waals surface area contributed by atoms with Crippen LogP contribution in [-0.2, 0) is 9.59 Å². The van der Waals surface area contributed by atoms with E-state index >= 15 is 0 Å². The molecule has 3 aromatic rings. The van der Waals surface area contributed by atoms with Crippen LogP contribution >= 0.6 is 22.9 Å². The quantitative estimate of drug-likeness (QED) is 0.295. The summed E-state index contributed by atoms with van der Waals surface area (Å²) in [6, 6.07) is 12.2. The third kappa shape index (κ3) is 3.74. The normalized spacial score (nSPS) is 17.7. The van der Waals surface area contributed by atoms with Crippen molar-refractivity contribution in [3.63, 3.8) is 0 Å². The van der Waals surface area contributed by atoms with Gasteiger partial charge in [-0.3, -0.25) is 14.5 Å². The van der Waals surface area contributed by atoms with Crippen LogP contribution in [0.25, 0.3) is 5.76 Å². The summed E-state index contributed by atoms with van der Waals surface area (Å²) in [5.41, 5.74) is 1.24. The first-order chi connectivity index (χ1) is 15.3. The predicted octanol–water partition coefficient (Wildman–Crippen LogP) is 5.44. The molecule has 8 heteroatoms. The highest BCUT2D eigenvalue weighted by Gasteiger charge is 2.48. The number of thiophene rings is 1. The van der Waals surface area contributed by atoms with Gasteiger partial charge in [0.05, 0.1) is 22.9 Å². The maximum atomic E-state index is 13.1. The van der Waals surface area contributed by atoms with Crippen LogP contribution in [0.1, 0.15) is 29.0 Å². The molecule has 2 heterocycles. The zero-order valence-corrected chi connectivity index (χ0v) is 18.9. The van der Waals surface area contributed by atoms with E-state index in [0.717, 1.165) is 5.56 Å². The molecule has 1 unspecified atom stereocenters. The molecule has 2 N–H and O–H groups in total. The molecule has 1 saturated heterocycles. The number of aryl methyl sites for hydroxylation is 1. The van der Waals surface area contributed by atoms with Gasteiger partial charge in [0.15, 0.2) is 0 Å². The first kappa shape index (κ1) is 21.9. The number of aliphatic hydroxyl groups excluding tert-OH is 1. The summed E-state index contributed by atoms with van der Waals surface area (Å²) in [6.45, 7) is 4.00. The minimum Gasteiger partial charge on any atom is -0.507 e. The highest BCUT2D eigenvalue weighted by Crippen LogP contribution is 2.46. The largest absolute Gasteiger partial charge is 0.507 e. The average molecular weight is 470 g/mol. The highest BCUT2D eigenvalue weighted by molar-refractivity contribution is 7.10. The number of ether oxygens (including phenoxy) is 1. The number of carbonyl (C=O) groups is 2. The molecule has 0 radical (unpaired) electrons. The van der Waals surface area contributed by atoms with Gasteiger partial charge in [0.2, 0.25) is 0 Å². The van der Waals surface area contributed by atoms with E-state index in [2.05, 4.69) is 0 Å². The zero-order valence-electron chi connectivity index (χ0n) is 17.3. The van der Waals surface area contributed by atoms with Gasteiger partial charge in [0.25, 0.3) is 11.7 Å². The minimum atomic E-state index is -0.895. The zero-order chi connectivity index (χ0) is 23.0. The molecule has 1 aliphatic heterocycles. The van der Waals surface area contributed by atoms with Gasteiger partial charge in [0.1, 0.15) is 23.3 Å². The number of anilines is 1. The van der Waals surface area contributed by atoms with Crippen molar-refractivity contribution in [2.45, 2.75) is 19.9 Å². The Morgan fingerprint density at radius 3 is 2.66 bits per heavy atom. The van der Waals surface area contributed by atoms with Gasteiger partial charge < -0.3 is 14.9 Å². The summed E-state index contributed by atoms with van der Waals surface area (Å²) in [6.07, 6.45) is 0. The lowest BCUT2D eigenvalue weighted by molar-refractivity contribution is -0.132. The highest BCUT2D eigenvalue weighted by atomic mass is 35.5. The molecule has 4 rings (SSSR count). The maximum absolute atomic E-state index is 13.1. The van der Waals surface area contributed by atoms with Crippen molar-refractivity contribution in [3.05, 3.63) is 80.5 Å². The Morgan fingerprint density at radius 2 is 1.97 bits per heavy atom. The monoisotopic (exact) mass is 469 g/mol. The van der Waals surface area contributed by atoms with Crippen molar-refractivity contribution in [1.82, 2.24) is 0 Å². The fourth-order valence-corrected chi connectivity index (χ4v) is 4.69. The number of phenolic OH excluding ortho intramolecular Hbond substituents is 1. The molecule has 0 aliphatic carbocycles. The second-order valence-corrected chi connectivity index (χ2v) is 8.64. The molecule has 6 nitrogen and oxygen atoms in total. The molecule has 2 aromatic carbocycles. The number of aromatic hydroxyl groups is 1. The van der Waals surface area contributed by atoms with Crippen LogP contribution in [0.15, 0.2) is 59.5 Å². The van der Waals surface area contributed by atoms with E-state index in [0.29, 0.717) is 27.8 Å². The number of benzene rings is 2. The van der Waals surface area contributed by atoms with E-state index < -0.39 is 17.7 Å². The Kier molecular flexibility index (Phi) is 5.95. The minimum absolute atomic E-state index is 0.0665. The first-order valence-corrected chi connectivity index (χ1v) is 11.2. The lowest BCUT2D eigenvalue weighted by Crippen LogP contribution is -2.29. The number of carbonyl (C=O) groups excluding carboxylic acids is 2. The van der Waals surface area contributed by atoms with Crippen LogP contribution in [0, 0.1) is 6.92 Å². The van der Waals surface area contributed by atoms with E-state index in [-0.39, 0.29) is 22.8 Å². The van der Waals surface area contributed by atoms with Gasteiger partial charge in [-0.1, -0.05) is 23.7 Å². The molecule has 1 aliphatic rings. The number of aliphatic hydroxyl groups is 1. The number of hydrogen-bond donors (Lipinski definition) is 2. The number of amides is 1. The van der Waals surface area contributed by atoms with Crippen molar-refractivity contribution >= 4 is 46.1 Å². The van der Waals surface area contributed by atoms with E-state index in [1.807, 2.05) is 12.3 Å². The Bertz CT molecular complexity index is 1240. The topological polar surface area (TPSA) is 87.1 Å². The molecule has 1 aromatic heterocycles. The number of halogens is 1. The fourth-order valence-electron chi connectivity index (χ4n) is 3.70. The van der Waals surface area contributed by atoms with E-state index in [1.54, 1.807) is 43.3 Å². The molecule has 1 atom stereocenters. The third-order valence-corrected chi connectivity index (χ3v) is 6.39. The molecule has 1 fully saturated rings. The Labute approximate surface area is 193 Å². The predicted molar refractivity (Wildman–Crippen MR) is 125 cm³/mol. The summed E-state index contributed by atoms with van der Waals surface area (Å²) >= 11 is 7.50. The van der Waals surface area contributed by atoms with Gasteiger partial charge in [0, 0.05) is 10.4 Å². The Morgan fingerprint density at radius 1 is 1.19 bits per heavy atom. The van der Waals surface area contributed by atoms with Gasteiger partial charge in [-0.25, -0.2) is 0 Å². The molecule has 164 valence electrons. The van der Waals surface area contributed by atoms with Crippen molar-refractivity contribution in [2.75, 3.05) is 11.5 Å². The SMILES string of the molecule is CCOc1cc(/C(O)=C2/C(=O)C(=O)N(c3cc(C)ccc3O)C2c2cccs2)ccc1Cl. The first-order valence-electron chi connectivity index (χ1n) is 9.90. The van der Waals surface area contributed by atoms with Crippen LogP contribution in [-0.4, -0.2) is 28.5 Å². The number of hydrogen-bond acceptors (Lipinski definition) is 6. The Hall–Kier alpha value is -3.29. The molecule has 32 heavy (non-hydrogen) atoms. The number of phenols is 1. The number of nitrogens with zero attached hydrogens (tertiary/aromatic N) is 1. The van der Waals surface area contributed by atoms with Gasteiger partial charge >= 0.3 is 0 Å². The lowest BCUT2D eigenvalue weighted by Gasteiger charge is -2.25. The van der Waals surface area contributed by atoms with Crippen LogP contribution < -0.4 is 9.64 Å². The van der Waals surface area contributed by atoms with E-state index in [1.165, 1.54) is 28.4 Å². The van der Waals surface area contributed by atoms with Crippen molar-refractivity contribution in [3.8, 4) is 11.5 Å². The fraction of sp³-hybridized carbons (Fsp3) is 0.167. The van der Waals surface area contributed by atoms with Crippen molar-refractivity contribution in [2.24, 2.45) is 0 Å². The van der Waals surface area contributed by atoms with E-state index in [9.17, 15) is 19.8 Å². The summed E-state index contributed by atoms with van der Waals surface area (Å²) in [5.74, 6) is -1.78. The summed E-state index contributed by atoms with van der Waals surface area (Å²) in [4.78, 5) is 28.2. The average Bonchev–Trinajstić information content (AvgIpc) is 3.38. The molecular formula is C24H20ClNO5S. The number of Topliss-reactive ketones (excluding diaryl/α,β-unsaturated/α-hetero) is 1. The molecule has 1 amide bonds. The van der Waals surface area contributed by atoms with Crippen molar-refractivity contribution < 1.29 is 24.5 Å². The number of ketones is 1. The van der Waals surface area contributed by atoms with Crippen LogP contribution in [0.4, 0.5) is 5.69 Å². The third-order valence-electron chi connectivity index (χ3n) is 5.15. The summed E-state index contributed by atoms with van der Waals surface area (Å²) < 4.78 is 5.50. The van der Waals surface area contributed by atoms with Gasteiger partial charge in [-0.2, -0.15) is 0 Å². The standard InChI is InChI=1S/C24H20ClNO5S/c1-3-31-18-12-14(7-8-15(18)25)22(28)20-21(19-5-4-10-32-19)26(24(30)23(20)29)16-11-13(2)6-9-17(16)27/h4-12,21,27-28H,3H2,1-2H3/b22-20-. The summed E-state index contributed by atoms with van der Waals surface area (Å²) in [5, 5.41) is 23.8. The van der Waals surface area contributed by atoms with Crippen LogP contribution in [0.2, 0.25) is 5.02 Å². The van der Waals surface area contributed by atoms with Crippen molar-refractivity contribution in [1.29, 1.82) is 0 Å². The second kappa shape index (κ2) is 8.68. The smallest absolute Gasteiger partial charge is 0.300 e. The molecule has 0 saturated carbocycles. The van der Waals surface area contributed by atoms with Crippen LogP contribution in [0.5, 0.6) is 11.5 Å². The van der Waals surface area contributed by atoms with Crippen LogP contribution in [0.3, 0.4) is 0 Å². The van der Waals surface area contributed by atoms with Gasteiger partial charge in [-0.05, 0) is 61.2 Å². The number of rotatable bonds is 5.